The summed E-state index contributed by atoms with van der Waals surface area (Å²) in [5, 5.41) is 11.2. The second-order valence-electron chi connectivity index (χ2n) is 8.66. The van der Waals surface area contributed by atoms with Crippen molar-refractivity contribution >= 4 is 11.1 Å². The lowest BCUT2D eigenvalue weighted by atomic mass is 9.94. The number of halogens is 4. The molecule has 0 atom stereocenters. The highest BCUT2D eigenvalue weighted by atomic mass is 19.4. The van der Waals surface area contributed by atoms with Crippen LogP contribution in [-0.2, 0) is 19.8 Å². The number of oxazole rings is 1. The first kappa shape index (κ1) is 24.6. The summed E-state index contributed by atoms with van der Waals surface area (Å²) >= 11 is 0. The van der Waals surface area contributed by atoms with Crippen LogP contribution in [0.4, 0.5) is 17.6 Å². The zero-order valence-electron chi connectivity index (χ0n) is 20.1. The molecule has 0 saturated heterocycles. The third kappa shape index (κ3) is 4.72. The van der Waals surface area contributed by atoms with Gasteiger partial charge in [0, 0.05) is 19.2 Å². The minimum Gasteiger partial charge on any atom is -0.435 e. The molecular weight excluding hydrogens is 486 g/mol. The van der Waals surface area contributed by atoms with Crippen LogP contribution in [-0.4, -0.2) is 26.3 Å². The van der Waals surface area contributed by atoms with Crippen molar-refractivity contribution in [3.63, 3.8) is 0 Å². The Balaban J connectivity index is 1.77. The van der Waals surface area contributed by atoms with Crippen molar-refractivity contribution < 1.29 is 22.0 Å². The zero-order chi connectivity index (χ0) is 26.2. The van der Waals surface area contributed by atoms with E-state index in [9.17, 15) is 13.2 Å². The Labute approximate surface area is 210 Å². The van der Waals surface area contributed by atoms with E-state index >= 15 is 4.39 Å². The first-order valence-corrected chi connectivity index (χ1v) is 11.7. The van der Waals surface area contributed by atoms with Crippen LogP contribution in [0.5, 0.6) is 0 Å². The van der Waals surface area contributed by atoms with Crippen LogP contribution >= 0.6 is 0 Å². The van der Waals surface area contributed by atoms with Crippen LogP contribution in [0.1, 0.15) is 24.5 Å². The van der Waals surface area contributed by atoms with Gasteiger partial charge < -0.3 is 14.3 Å². The molecule has 190 valence electrons. The van der Waals surface area contributed by atoms with Gasteiger partial charge in [-0.05, 0) is 47.9 Å². The summed E-state index contributed by atoms with van der Waals surface area (Å²) in [5.74, 6) is -0.661. The number of nitrogens with zero attached hydrogens (tertiary/aromatic N) is 4. The first-order chi connectivity index (χ1) is 17.8. The van der Waals surface area contributed by atoms with E-state index in [4.69, 9.17) is 4.42 Å². The molecule has 0 aliphatic carbocycles. The number of hydrogen-bond donors (Lipinski definition) is 1. The van der Waals surface area contributed by atoms with E-state index in [0.29, 0.717) is 29.1 Å². The van der Waals surface area contributed by atoms with Crippen LogP contribution < -0.4 is 5.32 Å². The number of rotatable bonds is 7. The molecule has 10 heteroatoms. The zero-order valence-corrected chi connectivity index (χ0v) is 20.1. The number of hydrogen-bond acceptors (Lipinski definition) is 5. The Morgan fingerprint density at radius 1 is 1.03 bits per heavy atom. The molecule has 2 aromatic heterocycles. The van der Waals surface area contributed by atoms with E-state index in [-0.39, 0.29) is 23.5 Å². The van der Waals surface area contributed by atoms with Crippen molar-refractivity contribution in [2.75, 3.05) is 6.54 Å². The van der Waals surface area contributed by atoms with Crippen molar-refractivity contribution in [3.05, 3.63) is 77.9 Å². The number of fused-ring (bicyclic) bond motifs is 1. The van der Waals surface area contributed by atoms with E-state index in [1.807, 2.05) is 37.3 Å². The first-order valence-electron chi connectivity index (χ1n) is 11.7. The molecule has 5 aromatic rings. The van der Waals surface area contributed by atoms with E-state index in [2.05, 4.69) is 20.5 Å². The third-order valence-electron chi connectivity index (χ3n) is 6.00. The van der Waals surface area contributed by atoms with Crippen LogP contribution in [0.2, 0.25) is 0 Å². The fraction of sp³-hybridized carbons (Fsp3) is 0.222. The van der Waals surface area contributed by atoms with Crippen LogP contribution in [0.25, 0.3) is 45.1 Å². The monoisotopic (exact) mass is 509 g/mol. The SMILES string of the molecule is CCCNCc1cc(C(F)(F)F)c2oc(-c3c(F)ccc(-c4ccccc4)c3-c3nncn3C)nc2c1. The summed E-state index contributed by atoms with van der Waals surface area (Å²) in [5.41, 5.74) is 0.580. The van der Waals surface area contributed by atoms with Gasteiger partial charge in [0.1, 0.15) is 23.2 Å². The van der Waals surface area contributed by atoms with Crippen molar-refractivity contribution in [2.45, 2.75) is 26.1 Å². The Morgan fingerprint density at radius 2 is 1.81 bits per heavy atom. The van der Waals surface area contributed by atoms with Gasteiger partial charge in [0.05, 0.1) is 5.56 Å². The maximum absolute atomic E-state index is 15.5. The van der Waals surface area contributed by atoms with Gasteiger partial charge >= 0.3 is 6.18 Å². The molecule has 5 rings (SSSR count). The highest BCUT2D eigenvalue weighted by molar-refractivity contribution is 5.92. The van der Waals surface area contributed by atoms with Crippen molar-refractivity contribution in [1.82, 2.24) is 25.1 Å². The molecule has 0 radical (unpaired) electrons. The summed E-state index contributed by atoms with van der Waals surface area (Å²) in [6.45, 7) is 2.85. The highest BCUT2D eigenvalue weighted by Gasteiger charge is 2.36. The predicted molar refractivity (Wildman–Crippen MR) is 132 cm³/mol. The minimum atomic E-state index is -4.69. The van der Waals surface area contributed by atoms with Gasteiger partial charge in [-0.3, -0.25) is 0 Å². The van der Waals surface area contributed by atoms with Gasteiger partial charge in [0.15, 0.2) is 11.4 Å². The molecule has 0 saturated carbocycles. The number of aromatic nitrogens is 4. The van der Waals surface area contributed by atoms with Crippen molar-refractivity contribution in [1.29, 1.82) is 0 Å². The maximum atomic E-state index is 15.5. The van der Waals surface area contributed by atoms with E-state index in [1.54, 1.807) is 17.7 Å². The van der Waals surface area contributed by atoms with Crippen LogP contribution in [0, 0.1) is 5.82 Å². The predicted octanol–water partition coefficient (Wildman–Crippen LogP) is 6.61. The van der Waals surface area contributed by atoms with Gasteiger partial charge in [0.25, 0.3) is 0 Å². The summed E-state index contributed by atoms with van der Waals surface area (Å²) in [4.78, 5) is 4.35. The molecule has 0 spiro atoms. The third-order valence-corrected chi connectivity index (χ3v) is 6.00. The van der Waals surface area contributed by atoms with Crippen LogP contribution in [0.3, 0.4) is 0 Å². The lowest BCUT2D eigenvalue weighted by Gasteiger charge is -2.14. The lowest BCUT2D eigenvalue weighted by Crippen LogP contribution is -2.15. The molecule has 1 N–H and O–H groups in total. The number of nitrogens with one attached hydrogen (secondary N) is 1. The topological polar surface area (TPSA) is 68.8 Å². The van der Waals surface area contributed by atoms with Gasteiger partial charge in [-0.2, -0.15) is 13.2 Å². The Morgan fingerprint density at radius 3 is 2.49 bits per heavy atom. The molecule has 2 heterocycles. The summed E-state index contributed by atoms with van der Waals surface area (Å²) in [6.07, 6.45) is -2.39. The molecule has 3 aromatic carbocycles. The molecule has 0 unspecified atom stereocenters. The molecule has 6 nitrogen and oxygen atoms in total. The number of aryl methyl sites for hydroxylation is 1. The molecule has 0 bridgehead atoms. The summed E-state index contributed by atoms with van der Waals surface area (Å²) < 4.78 is 64.9. The van der Waals surface area contributed by atoms with Crippen molar-refractivity contribution in [3.8, 4) is 34.0 Å². The second kappa shape index (κ2) is 9.78. The fourth-order valence-corrected chi connectivity index (χ4v) is 4.31. The van der Waals surface area contributed by atoms with Gasteiger partial charge in [-0.15, -0.1) is 10.2 Å². The maximum Gasteiger partial charge on any atom is 0.420 e. The summed E-state index contributed by atoms with van der Waals surface area (Å²) in [7, 11) is 1.70. The smallest absolute Gasteiger partial charge is 0.420 e. The van der Waals surface area contributed by atoms with E-state index in [0.717, 1.165) is 18.1 Å². The number of alkyl halides is 3. The van der Waals surface area contributed by atoms with Gasteiger partial charge in [-0.25, -0.2) is 9.37 Å². The molecule has 0 amide bonds. The quantitative estimate of drug-likeness (QED) is 0.197. The second-order valence-corrected chi connectivity index (χ2v) is 8.66. The molecular formula is C27H23F4N5O. The van der Waals surface area contributed by atoms with Crippen LogP contribution in [0.15, 0.2) is 65.3 Å². The van der Waals surface area contributed by atoms with Gasteiger partial charge in [0.2, 0.25) is 5.89 Å². The largest absolute Gasteiger partial charge is 0.435 e. The Hall–Kier alpha value is -4.05. The van der Waals surface area contributed by atoms with E-state index in [1.165, 1.54) is 18.5 Å². The van der Waals surface area contributed by atoms with Gasteiger partial charge in [-0.1, -0.05) is 43.3 Å². The molecule has 37 heavy (non-hydrogen) atoms. The minimum absolute atomic E-state index is 0.00782. The molecule has 0 fully saturated rings. The molecule has 0 aliphatic rings. The Bertz CT molecular complexity index is 1560. The van der Waals surface area contributed by atoms with E-state index < -0.39 is 23.1 Å². The number of benzene rings is 3. The lowest BCUT2D eigenvalue weighted by molar-refractivity contribution is -0.136. The highest BCUT2D eigenvalue weighted by Crippen LogP contribution is 2.43. The molecule has 0 aliphatic heterocycles. The average molecular weight is 510 g/mol. The Kier molecular flexibility index (Phi) is 6.51. The average Bonchev–Trinajstić information content (AvgIpc) is 3.49. The van der Waals surface area contributed by atoms with Crippen molar-refractivity contribution in [2.24, 2.45) is 7.05 Å². The fourth-order valence-electron chi connectivity index (χ4n) is 4.31. The normalized spacial score (nSPS) is 11.9. The standard InChI is InChI=1S/C27H23F4N5O/c1-3-11-32-14-16-12-19(27(29,30)31)24-21(13-16)34-26(37-24)23-20(28)10-9-18(17-7-5-4-6-8-17)22(23)25-35-33-15-36(25)2/h4-10,12-13,15,32H,3,11,14H2,1-2H3. The summed E-state index contributed by atoms with van der Waals surface area (Å²) in [6, 6.07) is 14.6.